The Morgan fingerprint density at radius 2 is 1.96 bits per heavy atom. The van der Waals surface area contributed by atoms with Gasteiger partial charge in [-0.25, -0.2) is 0 Å². The van der Waals surface area contributed by atoms with Crippen molar-refractivity contribution in [1.82, 2.24) is 15.5 Å². The standard InChI is InChI=1S/C20H36N4O2.HI/c1-16(2)24(17(3)4)12-11-22-20(23-15-19-8-6-14-26-19)21-10-9-18-7-5-13-25-18;/h5,7,13,16-17,19H,6,8-12,14-15H2,1-4H3,(H2,21,22,23);1H. The van der Waals surface area contributed by atoms with E-state index in [1.165, 1.54) is 0 Å². The van der Waals surface area contributed by atoms with Gasteiger partial charge in [0.05, 0.1) is 18.9 Å². The number of rotatable bonds is 10. The summed E-state index contributed by atoms with van der Waals surface area (Å²) in [5.74, 6) is 1.85. The fourth-order valence-electron chi connectivity index (χ4n) is 3.33. The summed E-state index contributed by atoms with van der Waals surface area (Å²) in [6.07, 6.45) is 5.08. The van der Waals surface area contributed by atoms with Gasteiger partial charge in [0.25, 0.3) is 0 Å². The van der Waals surface area contributed by atoms with Gasteiger partial charge in [-0.3, -0.25) is 9.89 Å². The van der Waals surface area contributed by atoms with E-state index in [1.807, 2.05) is 12.1 Å². The molecule has 1 saturated heterocycles. The van der Waals surface area contributed by atoms with Crippen molar-refractivity contribution in [2.75, 3.05) is 32.8 Å². The molecule has 7 heteroatoms. The highest BCUT2D eigenvalue weighted by Gasteiger charge is 2.16. The van der Waals surface area contributed by atoms with Gasteiger partial charge in [-0.05, 0) is 52.7 Å². The predicted octanol–water partition coefficient (Wildman–Crippen LogP) is 3.27. The third kappa shape index (κ3) is 9.30. The number of furan rings is 1. The van der Waals surface area contributed by atoms with Gasteiger partial charge >= 0.3 is 0 Å². The summed E-state index contributed by atoms with van der Waals surface area (Å²) in [7, 11) is 0. The molecule has 0 bridgehead atoms. The maximum atomic E-state index is 5.69. The van der Waals surface area contributed by atoms with Crippen molar-refractivity contribution in [2.24, 2.45) is 4.99 Å². The van der Waals surface area contributed by atoms with E-state index in [9.17, 15) is 0 Å². The first-order valence-corrected chi connectivity index (χ1v) is 9.98. The van der Waals surface area contributed by atoms with Gasteiger partial charge in [-0.15, -0.1) is 24.0 Å². The highest BCUT2D eigenvalue weighted by atomic mass is 127. The van der Waals surface area contributed by atoms with Crippen LogP contribution in [0.25, 0.3) is 0 Å². The highest BCUT2D eigenvalue weighted by Crippen LogP contribution is 2.11. The lowest BCUT2D eigenvalue weighted by molar-refractivity contribution is 0.117. The summed E-state index contributed by atoms with van der Waals surface area (Å²) >= 11 is 0. The van der Waals surface area contributed by atoms with Crippen LogP contribution >= 0.6 is 24.0 Å². The van der Waals surface area contributed by atoms with Crippen LogP contribution in [-0.4, -0.2) is 61.8 Å². The van der Waals surface area contributed by atoms with E-state index in [2.05, 4.69) is 43.2 Å². The molecule has 1 aromatic heterocycles. The largest absolute Gasteiger partial charge is 0.469 e. The zero-order chi connectivity index (χ0) is 18.8. The van der Waals surface area contributed by atoms with E-state index in [1.54, 1.807) is 6.26 Å². The molecule has 27 heavy (non-hydrogen) atoms. The Hall–Kier alpha value is -0.800. The number of guanidine groups is 1. The van der Waals surface area contributed by atoms with E-state index in [4.69, 9.17) is 14.1 Å². The number of hydrogen-bond acceptors (Lipinski definition) is 4. The van der Waals surface area contributed by atoms with E-state index in [-0.39, 0.29) is 30.1 Å². The molecule has 1 aliphatic rings. The Morgan fingerprint density at radius 1 is 1.22 bits per heavy atom. The molecule has 0 aromatic carbocycles. The van der Waals surface area contributed by atoms with Crippen molar-refractivity contribution >= 4 is 29.9 Å². The molecule has 1 unspecified atom stereocenters. The Bertz CT molecular complexity index is 506. The Kier molecular flexibility index (Phi) is 12.0. The minimum atomic E-state index is 0. The fourth-order valence-corrected chi connectivity index (χ4v) is 3.33. The molecule has 0 saturated carbocycles. The second-order valence-electron chi connectivity index (χ2n) is 7.43. The first-order valence-electron chi connectivity index (χ1n) is 9.98. The summed E-state index contributed by atoms with van der Waals surface area (Å²) in [6.45, 7) is 13.2. The molecule has 156 valence electrons. The Morgan fingerprint density at radius 3 is 2.56 bits per heavy atom. The topological polar surface area (TPSA) is 62.0 Å². The molecule has 6 nitrogen and oxygen atoms in total. The average molecular weight is 492 g/mol. The average Bonchev–Trinajstić information content (AvgIpc) is 3.28. The van der Waals surface area contributed by atoms with Gasteiger partial charge in [0, 0.05) is 44.7 Å². The van der Waals surface area contributed by atoms with Crippen LogP contribution in [0.5, 0.6) is 0 Å². The second kappa shape index (κ2) is 13.4. The fraction of sp³-hybridized carbons (Fsp3) is 0.750. The Balaban J connectivity index is 0.00000364. The molecular formula is C20H37IN4O2. The smallest absolute Gasteiger partial charge is 0.191 e. The molecule has 2 rings (SSSR count). The van der Waals surface area contributed by atoms with E-state index in [0.717, 1.165) is 57.2 Å². The number of ether oxygens (including phenoxy) is 1. The quantitative estimate of drug-likeness (QED) is 0.298. The van der Waals surface area contributed by atoms with Gasteiger partial charge in [0.2, 0.25) is 0 Å². The van der Waals surface area contributed by atoms with Crippen LogP contribution in [0.15, 0.2) is 27.8 Å². The molecule has 1 aromatic rings. The second-order valence-corrected chi connectivity index (χ2v) is 7.43. The summed E-state index contributed by atoms with van der Waals surface area (Å²) in [4.78, 5) is 7.21. The molecule has 1 aliphatic heterocycles. The number of halogens is 1. The molecule has 0 spiro atoms. The van der Waals surface area contributed by atoms with Crippen LogP contribution < -0.4 is 10.6 Å². The number of nitrogens with one attached hydrogen (secondary N) is 2. The van der Waals surface area contributed by atoms with Crippen LogP contribution in [0.2, 0.25) is 0 Å². The van der Waals surface area contributed by atoms with Gasteiger partial charge in [-0.2, -0.15) is 0 Å². The number of hydrogen-bond donors (Lipinski definition) is 2. The first-order chi connectivity index (χ1) is 12.6. The molecule has 1 fully saturated rings. The van der Waals surface area contributed by atoms with E-state index in [0.29, 0.717) is 18.6 Å². The van der Waals surface area contributed by atoms with E-state index >= 15 is 0 Å². The van der Waals surface area contributed by atoms with Crippen LogP contribution in [-0.2, 0) is 11.2 Å². The molecule has 2 heterocycles. The van der Waals surface area contributed by atoms with Gasteiger partial charge in [0.15, 0.2) is 5.96 Å². The molecule has 0 amide bonds. The first kappa shape index (κ1) is 24.2. The minimum absolute atomic E-state index is 0. The Labute approximate surface area is 181 Å². The maximum Gasteiger partial charge on any atom is 0.191 e. The van der Waals surface area contributed by atoms with Crippen molar-refractivity contribution in [3.63, 3.8) is 0 Å². The zero-order valence-corrected chi connectivity index (χ0v) is 19.6. The molecule has 1 atom stereocenters. The summed E-state index contributed by atoms with van der Waals surface area (Å²) in [5, 5.41) is 6.89. The van der Waals surface area contributed by atoms with Crippen LogP contribution in [0.3, 0.4) is 0 Å². The normalized spacial score (nSPS) is 17.6. The summed E-state index contributed by atoms with van der Waals surface area (Å²) in [5.41, 5.74) is 0. The maximum absolute atomic E-state index is 5.69. The highest BCUT2D eigenvalue weighted by molar-refractivity contribution is 14.0. The summed E-state index contributed by atoms with van der Waals surface area (Å²) < 4.78 is 11.1. The van der Waals surface area contributed by atoms with E-state index < -0.39 is 0 Å². The van der Waals surface area contributed by atoms with Gasteiger partial charge < -0.3 is 19.8 Å². The van der Waals surface area contributed by atoms with Crippen molar-refractivity contribution in [3.8, 4) is 0 Å². The predicted molar refractivity (Wildman–Crippen MR) is 122 cm³/mol. The molecule has 0 radical (unpaired) electrons. The minimum Gasteiger partial charge on any atom is -0.469 e. The molecular weight excluding hydrogens is 455 g/mol. The SMILES string of the molecule is CC(C)N(CCNC(=NCC1CCCO1)NCCc1ccco1)C(C)C.I. The number of aliphatic imine (C=N–C) groups is 1. The van der Waals surface area contributed by atoms with Crippen molar-refractivity contribution < 1.29 is 9.15 Å². The lowest BCUT2D eigenvalue weighted by atomic mass is 10.2. The van der Waals surface area contributed by atoms with Gasteiger partial charge in [-0.1, -0.05) is 0 Å². The molecule has 0 aliphatic carbocycles. The monoisotopic (exact) mass is 492 g/mol. The van der Waals surface area contributed by atoms with Crippen LogP contribution in [0.1, 0.15) is 46.3 Å². The molecule has 2 N–H and O–H groups in total. The van der Waals surface area contributed by atoms with Crippen molar-refractivity contribution in [1.29, 1.82) is 0 Å². The summed E-state index contributed by atoms with van der Waals surface area (Å²) in [6, 6.07) is 5.00. The number of nitrogens with zero attached hydrogens (tertiary/aromatic N) is 2. The van der Waals surface area contributed by atoms with Crippen LogP contribution in [0.4, 0.5) is 0 Å². The third-order valence-electron chi connectivity index (χ3n) is 4.71. The zero-order valence-electron chi connectivity index (χ0n) is 17.2. The van der Waals surface area contributed by atoms with Gasteiger partial charge in [0.1, 0.15) is 5.76 Å². The van der Waals surface area contributed by atoms with Crippen molar-refractivity contribution in [3.05, 3.63) is 24.2 Å². The van der Waals surface area contributed by atoms with Crippen LogP contribution in [0, 0.1) is 0 Å². The van der Waals surface area contributed by atoms with Crippen molar-refractivity contribution in [2.45, 2.75) is 65.1 Å². The lowest BCUT2D eigenvalue weighted by Gasteiger charge is -2.30. The third-order valence-corrected chi connectivity index (χ3v) is 4.71. The lowest BCUT2D eigenvalue weighted by Crippen LogP contribution is -2.45.